The fourth-order valence-corrected chi connectivity index (χ4v) is 1.62. The van der Waals surface area contributed by atoms with Crippen LogP contribution in [-0.4, -0.2) is 21.0 Å². The molecule has 78 valence electrons. The molecule has 4 heteroatoms. The van der Waals surface area contributed by atoms with Gasteiger partial charge in [-0.1, -0.05) is 13.0 Å². The number of H-pyrrole nitrogens is 1. The number of imidazole rings is 1. The van der Waals surface area contributed by atoms with Gasteiger partial charge in [-0.05, 0) is 18.6 Å². The van der Waals surface area contributed by atoms with Crippen molar-refractivity contribution in [1.29, 1.82) is 0 Å². The number of carboxylic acid groups (broad SMARTS) is 1. The summed E-state index contributed by atoms with van der Waals surface area (Å²) in [5.41, 5.74) is 1.62. The SMILES string of the molecule is CCCc1nc2cccc(C(=O)O)c2[nH]1. The molecule has 1 aromatic heterocycles. The number of para-hydroxylation sites is 1. The molecule has 0 atom stereocenters. The molecule has 15 heavy (non-hydrogen) atoms. The third-order valence-electron chi connectivity index (χ3n) is 2.28. The van der Waals surface area contributed by atoms with E-state index in [4.69, 9.17) is 5.11 Å². The van der Waals surface area contributed by atoms with Gasteiger partial charge in [-0.2, -0.15) is 0 Å². The van der Waals surface area contributed by atoms with Crippen molar-refractivity contribution in [3.63, 3.8) is 0 Å². The number of aryl methyl sites for hydroxylation is 1. The average molecular weight is 204 g/mol. The lowest BCUT2D eigenvalue weighted by atomic mass is 10.2. The first-order valence-corrected chi connectivity index (χ1v) is 4.93. The summed E-state index contributed by atoms with van der Waals surface area (Å²) in [7, 11) is 0. The first-order valence-electron chi connectivity index (χ1n) is 4.93. The summed E-state index contributed by atoms with van der Waals surface area (Å²) in [5, 5.41) is 8.97. The Balaban J connectivity index is 2.59. The van der Waals surface area contributed by atoms with Crippen molar-refractivity contribution in [2.24, 2.45) is 0 Å². The van der Waals surface area contributed by atoms with Crippen molar-refractivity contribution in [1.82, 2.24) is 9.97 Å². The molecule has 0 saturated carbocycles. The number of hydrogen-bond donors (Lipinski definition) is 2. The van der Waals surface area contributed by atoms with Gasteiger partial charge in [-0.3, -0.25) is 0 Å². The van der Waals surface area contributed by atoms with Crippen molar-refractivity contribution >= 4 is 17.0 Å². The Hall–Kier alpha value is -1.84. The predicted octanol–water partition coefficient (Wildman–Crippen LogP) is 2.21. The Morgan fingerprint density at radius 1 is 1.53 bits per heavy atom. The van der Waals surface area contributed by atoms with Crippen molar-refractivity contribution in [2.45, 2.75) is 19.8 Å². The molecule has 0 amide bonds. The van der Waals surface area contributed by atoms with Crippen LogP contribution in [0.2, 0.25) is 0 Å². The Morgan fingerprint density at radius 2 is 2.33 bits per heavy atom. The number of hydrogen-bond acceptors (Lipinski definition) is 2. The van der Waals surface area contributed by atoms with Gasteiger partial charge in [0, 0.05) is 6.42 Å². The van der Waals surface area contributed by atoms with Gasteiger partial charge in [0.15, 0.2) is 0 Å². The van der Waals surface area contributed by atoms with E-state index in [0.29, 0.717) is 5.52 Å². The van der Waals surface area contributed by atoms with Gasteiger partial charge >= 0.3 is 5.97 Å². The molecule has 0 saturated heterocycles. The van der Waals surface area contributed by atoms with Crippen LogP contribution in [0.15, 0.2) is 18.2 Å². The van der Waals surface area contributed by atoms with E-state index in [1.807, 2.05) is 6.07 Å². The molecule has 0 bridgehead atoms. The molecule has 0 aliphatic heterocycles. The second-order valence-electron chi connectivity index (χ2n) is 3.44. The Bertz CT molecular complexity index is 502. The summed E-state index contributed by atoms with van der Waals surface area (Å²) in [6.07, 6.45) is 1.83. The number of nitrogens with one attached hydrogen (secondary N) is 1. The standard InChI is InChI=1S/C11H12N2O2/c1-2-4-9-12-8-6-3-5-7(11(14)15)10(8)13-9/h3,5-6H,2,4H2,1H3,(H,12,13)(H,14,15). The van der Waals surface area contributed by atoms with Crippen LogP contribution in [0.4, 0.5) is 0 Å². The third-order valence-corrected chi connectivity index (χ3v) is 2.28. The van der Waals surface area contributed by atoms with Gasteiger partial charge in [0.1, 0.15) is 5.82 Å². The zero-order chi connectivity index (χ0) is 10.8. The van der Waals surface area contributed by atoms with Crippen LogP contribution < -0.4 is 0 Å². The van der Waals surface area contributed by atoms with Crippen molar-refractivity contribution in [3.05, 3.63) is 29.6 Å². The number of aromatic nitrogens is 2. The Morgan fingerprint density at radius 3 is 3.00 bits per heavy atom. The number of carboxylic acids is 1. The van der Waals surface area contributed by atoms with Crippen molar-refractivity contribution in [3.8, 4) is 0 Å². The molecule has 2 N–H and O–H groups in total. The van der Waals surface area contributed by atoms with Gasteiger partial charge in [0.05, 0.1) is 16.6 Å². The van der Waals surface area contributed by atoms with E-state index < -0.39 is 5.97 Å². The van der Waals surface area contributed by atoms with Crippen LogP contribution in [0.25, 0.3) is 11.0 Å². The van der Waals surface area contributed by atoms with Crippen LogP contribution in [-0.2, 0) is 6.42 Å². The van der Waals surface area contributed by atoms with Gasteiger partial charge in [0.2, 0.25) is 0 Å². The third kappa shape index (κ3) is 1.70. The Kier molecular flexibility index (Phi) is 2.41. The smallest absolute Gasteiger partial charge is 0.337 e. The van der Waals surface area contributed by atoms with E-state index in [2.05, 4.69) is 16.9 Å². The van der Waals surface area contributed by atoms with Crippen LogP contribution in [0.3, 0.4) is 0 Å². The van der Waals surface area contributed by atoms with Gasteiger partial charge in [-0.15, -0.1) is 0 Å². The van der Waals surface area contributed by atoms with Gasteiger partial charge in [-0.25, -0.2) is 9.78 Å². The van der Waals surface area contributed by atoms with E-state index in [0.717, 1.165) is 24.2 Å². The molecule has 1 aromatic carbocycles. The van der Waals surface area contributed by atoms with Crippen LogP contribution >= 0.6 is 0 Å². The second kappa shape index (κ2) is 3.73. The summed E-state index contributed by atoms with van der Waals surface area (Å²) in [5.74, 6) is -0.0755. The molecule has 0 spiro atoms. The highest BCUT2D eigenvalue weighted by molar-refractivity contribution is 6.00. The minimum Gasteiger partial charge on any atom is -0.478 e. The average Bonchev–Trinajstić information content (AvgIpc) is 2.59. The summed E-state index contributed by atoms with van der Waals surface area (Å²) >= 11 is 0. The highest BCUT2D eigenvalue weighted by Gasteiger charge is 2.11. The molecule has 0 unspecified atom stereocenters. The number of nitrogens with zero attached hydrogens (tertiary/aromatic N) is 1. The number of aromatic carboxylic acids is 1. The molecule has 2 rings (SSSR count). The quantitative estimate of drug-likeness (QED) is 0.805. The van der Waals surface area contributed by atoms with Crippen molar-refractivity contribution in [2.75, 3.05) is 0 Å². The summed E-state index contributed by atoms with van der Waals surface area (Å²) in [4.78, 5) is 18.3. The summed E-state index contributed by atoms with van der Waals surface area (Å²) < 4.78 is 0. The molecule has 2 aromatic rings. The second-order valence-corrected chi connectivity index (χ2v) is 3.44. The van der Waals surface area contributed by atoms with E-state index in [1.165, 1.54) is 0 Å². The molecular formula is C11H12N2O2. The monoisotopic (exact) mass is 204 g/mol. The summed E-state index contributed by atoms with van der Waals surface area (Å²) in [6.45, 7) is 2.06. The lowest BCUT2D eigenvalue weighted by Gasteiger charge is -1.94. The zero-order valence-electron chi connectivity index (χ0n) is 8.45. The van der Waals surface area contributed by atoms with Crippen LogP contribution in [0.1, 0.15) is 29.5 Å². The maximum atomic E-state index is 10.9. The molecule has 0 aliphatic carbocycles. The van der Waals surface area contributed by atoms with Crippen molar-refractivity contribution < 1.29 is 9.90 Å². The number of carbonyl (C=O) groups is 1. The first-order chi connectivity index (χ1) is 7.22. The molecule has 0 radical (unpaired) electrons. The normalized spacial score (nSPS) is 10.7. The zero-order valence-corrected chi connectivity index (χ0v) is 8.45. The maximum Gasteiger partial charge on any atom is 0.337 e. The largest absolute Gasteiger partial charge is 0.478 e. The lowest BCUT2D eigenvalue weighted by molar-refractivity contribution is 0.0699. The molecule has 0 aliphatic rings. The Labute approximate surface area is 87.0 Å². The van der Waals surface area contributed by atoms with Crippen LogP contribution in [0.5, 0.6) is 0 Å². The number of fused-ring (bicyclic) bond motifs is 1. The summed E-state index contributed by atoms with van der Waals surface area (Å²) in [6, 6.07) is 5.11. The molecule has 1 heterocycles. The van der Waals surface area contributed by atoms with E-state index >= 15 is 0 Å². The number of benzene rings is 1. The topological polar surface area (TPSA) is 66.0 Å². The number of aromatic amines is 1. The lowest BCUT2D eigenvalue weighted by Crippen LogP contribution is -1.96. The maximum absolute atomic E-state index is 10.9. The molecule has 0 fully saturated rings. The van der Waals surface area contributed by atoms with E-state index in [-0.39, 0.29) is 5.56 Å². The van der Waals surface area contributed by atoms with E-state index in [9.17, 15) is 4.79 Å². The minimum atomic E-state index is -0.924. The highest BCUT2D eigenvalue weighted by Crippen LogP contribution is 2.17. The van der Waals surface area contributed by atoms with E-state index in [1.54, 1.807) is 12.1 Å². The predicted molar refractivity (Wildman–Crippen MR) is 57.0 cm³/mol. The van der Waals surface area contributed by atoms with Crippen LogP contribution in [0, 0.1) is 0 Å². The number of rotatable bonds is 3. The minimum absolute atomic E-state index is 0.280. The fraction of sp³-hybridized carbons (Fsp3) is 0.273. The molecule has 4 nitrogen and oxygen atoms in total. The van der Waals surface area contributed by atoms with Gasteiger partial charge in [0.25, 0.3) is 0 Å². The first kappa shape index (κ1) is 9.71. The van der Waals surface area contributed by atoms with Gasteiger partial charge < -0.3 is 10.1 Å². The fourth-order valence-electron chi connectivity index (χ4n) is 1.62. The highest BCUT2D eigenvalue weighted by atomic mass is 16.4. The molecular weight excluding hydrogens is 192 g/mol.